The van der Waals surface area contributed by atoms with Gasteiger partial charge in [-0.25, -0.2) is 0 Å². The second-order valence-electron chi connectivity index (χ2n) is 5.35. The second-order valence-corrected chi connectivity index (χ2v) is 5.35. The fraction of sp³-hybridized carbons (Fsp3) is 1.00. The first-order valence-corrected chi connectivity index (χ1v) is 7.22. The van der Waals surface area contributed by atoms with Gasteiger partial charge < -0.3 is 19.7 Å². The standard InChI is InChI=1S/C14H28O4/c1-4-6-14-17-12(5-2)9-13(18-14)8-11(16)7-10(3)15/h10-16H,4-9H2,1-3H3. The van der Waals surface area contributed by atoms with Crippen LogP contribution in [0.1, 0.15) is 59.3 Å². The molecular formula is C14H28O4. The van der Waals surface area contributed by atoms with E-state index in [4.69, 9.17) is 9.47 Å². The van der Waals surface area contributed by atoms with E-state index >= 15 is 0 Å². The molecule has 0 spiro atoms. The van der Waals surface area contributed by atoms with Gasteiger partial charge in [0.2, 0.25) is 0 Å². The zero-order chi connectivity index (χ0) is 13.5. The highest BCUT2D eigenvalue weighted by Crippen LogP contribution is 2.26. The van der Waals surface area contributed by atoms with Crippen LogP contribution in [0.15, 0.2) is 0 Å². The summed E-state index contributed by atoms with van der Waals surface area (Å²) >= 11 is 0. The molecule has 1 aliphatic heterocycles. The van der Waals surface area contributed by atoms with Crippen molar-refractivity contribution in [2.24, 2.45) is 0 Å². The third-order valence-electron chi connectivity index (χ3n) is 3.34. The minimum Gasteiger partial charge on any atom is -0.393 e. The summed E-state index contributed by atoms with van der Waals surface area (Å²) in [6.45, 7) is 5.92. The molecule has 0 radical (unpaired) electrons. The Morgan fingerprint density at radius 1 is 1.17 bits per heavy atom. The quantitative estimate of drug-likeness (QED) is 0.737. The van der Waals surface area contributed by atoms with Crippen molar-refractivity contribution in [1.29, 1.82) is 0 Å². The maximum atomic E-state index is 9.87. The summed E-state index contributed by atoms with van der Waals surface area (Å²) in [5, 5.41) is 19.1. The summed E-state index contributed by atoms with van der Waals surface area (Å²) < 4.78 is 11.7. The van der Waals surface area contributed by atoms with Gasteiger partial charge in [-0.2, -0.15) is 0 Å². The zero-order valence-corrected chi connectivity index (χ0v) is 11.8. The Morgan fingerprint density at radius 3 is 2.39 bits per heavy atom. The van der Waals surface area contributed by atoms with Crippen LogP contribution in [0.3, 0.4) is 0 Å². The first-order chi connectivity index (χ1) is 8.55. The Bertz CT molecular complexity index is 220. The first-order valence-electron chi connectivity index (χ1n) is 7.22. The van der Waals surface area contributed by atoms with E-state index in [9.17, 15) is 10.2 Å². The van der Waals surface area contributed by atoms with E-state index < -0.39 is 12.2 Å². The lowest BCUT2D eigenvalue weighted by molar-refractivity contribution is -0.249. The maximum absolute atomic E-state index is 9.87. The highest BCUT2D eigenvalue weighted by Gasteiger charge is 2.30. The lowest BCUT2D eigenvalue weighted by Crippen LogP contribution is -2.39. The third kappa shape index (κ3) is 5.65. The van der Waals surface area contributed by atoms with E-state index in [1.807, 2.05) is 0 Å². The van der Waals surface area contributed by atoms with Gasteiger partial charge in [0.25, 0.3) is 0 Å². The average Bonchev–Trinajstić information content (AvgIpc) is 2.27. The topological polar surface area (TPSA) is 58.9 Å². The summed E-state index contributed by atoms with van der Waals surface area (Å²) in [7, 11) is 0. The van der Waals surface area contributed by atoms with Crippen LogP contribution in [0.5, 0.6) is 0 Å². The van der Waals surface area contributed by atoms with Gasteiger partial charge >= 0.3 is 0 Å². The van der Waals surface area contributed by atoms with Gasteiger partial charge in [-0.1, -0.05) is 20.3 Å². The molecular weight excluding hydrogens is 232 g/mol. The highest BCUT2D eigenvalue weighted by atomic mass is 16.7. The van der Waals surface area contributed by atoms with Crippen LogP contribution in [0.4, 0.5) is 0 Å². The van der Waals surface area contributed by atoms with Crippen molar-refractivity contribution in [2.75, 3.05) is 0 Å². The Balaban J connectivity index is 2.42. The molecule has 0 amide bonds. The molecule has 0 aromatic rings. The molecule has 4 heteroatoms. The van der Waals surface area contributed by atoms with Crippen LogP contribution in [0, 0.1) is 0 Å². The number of ether oxygens (including phenoxy) is 2. The number of rotatable bonds is 7. The predicted octanol–water partition coefficient (Wildman–Crippen LogP) is 2.22. The molecule has 2 N–H and O–H groups in total. The van der Waals surface area contributed by atoms with Crippen LogP contribution in [-0.2, 0) is 9.47 Å². The van der Waals surface area contributed by atoms with E-state index in [0.717, 1.165) is 25.7 Å². The molecule has 18 heavy (non-hydrogen) atoms. The molecule has 1 fully saturated rings. The lowest BCUT2D eigenvalue weighted by atomic mass is 9.99. The molecule has 1 aliphatic rings. The fourth-order valence-corrected chi connectivity index (χ4v) is 2.45. The molecule has 1 saturated heterocycles. The summed E-state index contributed by atoms with van der Waals surface area (Å²) in [5.41, 5.74) is 0. The molecule has 5 atom stereocenters. The fourth-order valence-electron chi connectivity index (χ4n) is 2.45. The van der Waals surface area contributed by atoms with Crippen LogP contribution >= 0.6 is 0 Å². The largest absolute Gasteiger partial charge is 0.393 e. The number of hydrogen-bond acceptors (Lipinski definition) is 4. The molecule has 0 aromatic carbocycles. The van der Waals surface area contributed by atoms with Gasteiger partial charge in [0, 0.05) is 6.42 Å². The van der Waals surface area contributed by atoms with Crippen molar-refractivity contribution in [3.63, 3.8) is 0 Å². The minimum absolute atomic E-state index is 0.0500. The second kappa shape index (κ2) is 8.10. The van der Waals surface area contributed by atoms with Gasteiger partial charge in [-0.05, 0) is 32.6 Å². The van der Waals surface area contributed by atoms with Crippen LogP contribution in [-0.4, -0.2) is 40.9 Å². The third-order valence-corrected chi connectivity index (χ3v) is 3.34. The number of aliphatic hydroxyl groups excluding tert-OH is 2. The Labute approximate surface area is 110 Å². The normalized spacial score (nSPS) is 32.2. The van der Waals surface area contributed by atoms with E-state index in [2.05, 4.69) is 13.8 Å². The van der Waals surface area contributed by atoms with Crippen LogP contribution < -0.4 is 0 Å². The van der Waals surface area contributed by atoms with Crippen molar-refractivity contribution < 1.29 is 19.7 Å². The maximum Gasteiger partial charge on any atom is 0.158 e. The van der Waals surface area contributed by atoms with E-state index in [-0.39, 0.29) is 18.5 Å². The molecule has 0 aromatic heterocycles. The van der Waals surface area contributed by atoms with Crippen molar-refractivity contribution in [2.45, 2.75) is 90.0 Å². The van der Waals surface area contributed by atoms with Crippen LogP contribution in [0.2, 0.25) is 0 Å². The summed E-state index contributed by atoms with van der Waals surface area (Å²) in [6.07, 6.45) is 3.96. The molecule has 5 unspecified atom stereocenters. The lowest BCUT2D eigenvalue weighted by Gasteiger charge is -2.36. The van der Waals surface area contributed by atoms with Crippen molar-refractivity contribution in [3.05, 3.63) is 0 Å². The van der Waals surface area contributed by atoms with Gasteiger partial charge in [-0.15, -0.1) is 0 Å². The Morgan fingerprint density at radius 2 is 1.83 bits per heavy atom. The van der Waals surface area contributed by atoms with Gasteiger partial charge in [0.05, 0.1) is 24.4 Å². The monoisotopic (exact) mass is 260 g/mol. The smallest absolute Gasteiger partial charge is 0.158 e. The molecule has 108 valence electrons. The Kier molecular flexibility index (Phi) is 7.15. The Hall–Kier alpha value is -0.160. The molecule has 0 bridgehead atoms. The first kappa shape index (κ1) is 15.9. The predicted molar refractivity (Wildman–Crippen MR) is 70.3 cm³/mol. The van der Waals surface area contributed by atoms with Gasteiger partial charge in [-0.3, -0.25) is 0 Å². The average molecular weight is 260 g/mol. The molecule has 4 nitrogen and oxygen atoms in total. The summed E-state index contributed by atoms with van der Waals surface area (Å²) in [4.78, 5) is 0. The SMILES string of the molecule is CCCC1OC(CC)CC(CC(O)CC(C)O)O1. The van der Waals surface area contributed by atoms with Crippen molar-refractivity contribution >= 4 is 0 Å². The van der Waals surface area contributed by atoms with Crippen molar-refractivity contribution in [1.82, 2.24) is 0 Å². The van der Waals surface area contributed by atoms with E-state index in [0.29, 0.717) is 12.8 Å². The molecule has 0 aliphatic carbocycles. The van der Waals surface area contributed by atoms with Gasteiger partial charge in [0.1, 0.15) is 0 Å². The molecule has 1 rings (SSSR count). The number of hydrogen-bond donors (Lipinski definition) is 2. The minimum atomic E-state index is -0.493. The summed E-state index contributed by atoms with van der Waals surface area (Å²) in [5.74, 6) is 0. The van der Waals surface area contributed by atoms with Gasteiger partial charge in [0.15, 0.2) is 6.29 Å². The summed E-state index contributed by atoms with van der Waals surface area (Å²) in [6, 6.07) is 0. The zero-order valence-electron chi connectivity index (χ0n) is 11.8. The van der Waals surface area contributed by atoms with E-state index in [1.165, 1.54) is 0 Å². The van der Waals surface area contributed by atoms with Crippen LogP contribution in [0.25, 0.3) is 0 Å². The van der Waals surface area contributed by atoms with Crippen molar-refractivity contribution in [3.8, 4) is 0 Å². The highest BCUT2D eigenvalue weighted by molar-refractivity contribution is 4.75. The molecule has 1 heterocycles. The number of aliphatic hydroxyl groups is 2. The van der Waals surface area contributed by atoms with E-state index in [1.54, 1.807) is 6.92 Å². The molecule has 0 saturated carbocycles.